The predicted molar refractivity (Wildman–Crippen MR) is 66.2 cm³/mol. The molecule has 0 radical (unpaired) electrons. The summed E-state index contributed by atoms with van der Waals surface area (Å²) in [5, 5.41) is 3.29. The van der Waals surface area contributed by atoms with Gasteiger partial charge in [0.15, 0.2) is 0 Å². The number of hydrogen-bond acceptors (Lipinski definition) is 5. The van der Waals surface area contributed by atoms with Crippen molar-refractivity contribution in [2.45, 2.75) is 12.8 Å². The molecule has 3 N–H and O–H groups in total. The highest BCUT2D eigenvalue weighted by molar-refractivity contribution is 9.10. The number of nitrogens with one attached hydrogen (secondary N) is 1. The molecule has 1 saturated heterocycles. The number of nitrogen functional groups attached to an aromatic ring is 1. The first kappa shape index (κ1) is 11.6. The van der Waals surface area contributed by atoms with Crippen LogP contribution in [0.2, 0.25) is 0 Å². The van der Waals surface area contributed by atoms with Gasteiger partial charge in [-0.3, -0.25) is 0 Å². The third kappa shape index (κ3) is 3.05. The first-order chi connectivity index (χ1) is 7.75. The van der Waals surface area contributed by atoms with Crippen LogP contribution < -0.4 is 11.1 Å². The molecule has 88 valence electrons. The van der Waals surface area contributed by atoms with E-state index in [1.165, 1.54) is 0 Å². The van der Waals surface area contributed by atoms with Crippen molar-refractivity contribution < 1.29 is 4.74 Å². The fraction of sp³-hybridized carbons (Fsp3) is 0.600. The summed E-state index contributed by atoms with van der Waals surface area (Å²) >= 11 is 3.39. The average molecular weight is 287 g/mol. The molecule has 2 rings (SSSR count). The minimum absolute atomic E-state index is 0.290. The van der Waals surface area contributed by atoms with Gasteiger partial charge in [-0.25, -0.2) is 4.98 Å². The van der Waals surface area contributed by atoms with Crippen LogP contribution in [0.3, 0.4) is 0 Å². The molecule has 5 nitrogen and oxygen atoms in total. The van der Waals surface area contributed by atoms with Crippen molar-refractivity contribution in [2.75, 3.05) is 30.8 Å². The third-order valence-electron chi connectivity index (χ3n) is 2.66. The average Bonchev–Trinajstić information content (AvgIpc) is 2.32. The Hall–Kier alpha value is -0.880. The topological polar surface area (TPSA) is 73.1 Å². The fourth-order valence-electron chi connectivity index (χ4n) is 1.70. The number of nitrogens with two attached hydrogens (primary N) is 1. The number of nitrogens with zero attached hydrogens (tertiary/aromatic N) is 2. The van der Waals surface area contributed by atoms with Gasteiger partial charge in [-0.1, -0.05) is 0 Å². The molecule has 0 saturated carbocycles. The lowest BCUT2D eigenvalue weighted by atomic mass is 10.0. The van der Waals surface area contributed by atoms with Crippen molar-refractivity contribution in [3.05, 3.63) is 10.7 Å². The maximum Gasteiger partial charge on any atom is 0.221 e. The summed E-state index contributed by atoms with van der Waals surface area (Å²) < 4.78 is 6.15. The van der Waals surface area contributed by atoms with Crippen LogP contribution in [-0.4, -0.2) is 29.7 Å². The first-order valence-electron chi connectivity index (χ1n) is 5.35. The molecule has 0 unspecified atom stereocenters. The molecule has 1 aromatic heterocycles. The van der Waals surface area contributed by atoms with Crippen LogP contribution in [0.25, 0.3) is 0 Å². The van der Waals surface area contributed by atoms with Gasteiger partial charge in [0.2, 0.25) is 5.95 Å². The normalized spacial score (nSPS) is 17.3. The van der Waals surface area contributed by atoms with Crippen molar-refractivity contribution in [2.24, 2.45) is 5.92 Å². The van der Waals surface area contributed by atoms with Gasteiger partial charge in [-0.2, -0.15) is 4.98 Å². The Kier molecular flexibility index (Phi) is 3.95. The summed E-state index contributed by atoms with van der Waals surface area (Å²) in [7, 11) is 0. The number of aromatic nitrogens is 2. The van der Waals surface area contributed by atoms with Crippen LogP contribution >= 0.6 is 15.9 Å². The molecule has 0 spiro atoms. The van der Waals surface area contributed by atoms with Gasteiger partial charge in [0.05, 0.1) is 4.47 Å². The van der Waals surface area contributed by atoms with Crippen LogP contribution in [0, 0.1) is 5.92 Å². The van der Waals surface area contributed by atoms with Crippen LogP contribution in [0.1, 0.15) is 12.8 Å². The van der Waals surface area contributed by atoms with Crippen LogP contribution in [0.5, 0.6) is 0 Å². The molecule has 1 aliphatic heterocycles. The highest BCUT2D eigenvalue weighted by atomic mass is 79.9. The summed E-state index contributed by atoms with van der Waals surface area (Å²) in [4.78, 5) is 8.03. The van der Waals surface area contributed by atoms with Gasteiger partial charge in [0.25, 0.3) is 0 Å². The monoisotopic (exact) mass is 286 g/mol. The van der Waals surface area contributed by atoms with Crippen LogP contribution in [0.15, 0.2) is 10.7 Å². The Morgan fingerprint density at radius 3 is 3.00 bits per heavy atom. The summed E-state index contributed by atoms with van der Waals surface area (Å²) in [5.41, 5.74) is 5.53. The van der Waals surface area contributed by atoms with Gasteiger partial charge >= 0.3 is 0 Å². The molecule has 16 heavy (non-hydrogen) atoms. The Bertz CT molecular complexity index is 355. The van der Waals surface area contributed by atoms with E-state index in [9.17, 15) is 0 Å². The number of ether oxygens (including phenoxy) is 1. The molecule has 1 aromatic rings. The van der Waals surface area contributed by atoms with E-state index in [2.05, 4.69) is 31.2 Å². The first-order valence-corrected chi connectivity index (χ1v) is 6.14. The minimum Gasteiger partial charge on any atom is -0.381 e. The zero-order chi connectivity index (χ0) is 11.4. The Morgan fingerprint density at radius 1 is 1.50 bits per heavy atom. The number of rotatable bonds is 3. The molecule has 0 atom stereocenters. The molecule has 0 aromatic carbocycles. The Labute approximate surface area is 103 Å². The largest absolute Gasteiger partial charge is 0.381 e. The number of halogens is 1. The van der Waals surface area contributed by atoms with Gasteiger partial charge in [-0.05, 0) is 34.7 Å². The van der Waals surface area contributed by atoms with Crippen LogP contribution in [0.4, 0.5) is 11.8 Å². The highest BCUT2D eigenvalue weighted by Crippen LogP contribution is 2.21. The third-order valence-corrected chi connectivity index (χ3v) is 3.24. The van der Waals surface area contributed by atoms with Crippen molar-refractivity contribution in [1.29, 1.82) is 0 Å². The molecular formula is C10H15BrN4O. The van der Waals surface area contributed by atoms with Crippen LogP contribution in [-0.2, 0) is 4.74 Å². The minimum atomic E-state index is 0.290. The second-order valence-electron chi connectivity index (χ2n) is 3.86. The van der Waals surface area contributed by atoms with Crippen molar-refractivity contribution >= 4 is 27.7 Å². The maximum absolute atomic E-state index is 5.53. The molecule has 6 heteroatoms. The summed E-state index contributed by atoms with van der Waals surface area (Å²) in [5.74, 6) is 1.70. The molecule has 1 fully saturated rings. The van der Waals surface area contributed by atoms with Gasteiger partial charge < -0.3 is 15.8 Å². The summed E-state index contributed by atoms with van der Waals surface area (Å²) in [6, 6.07) is 0. The molecular weight excluding hydrogens is 272 g/mol. The predicted octanol–water partition coefficient (Wildman–Crippen LogP) is 1.66. The SMILES string of the molecule is Nc1ncc(Br)c(NCC2CCOCC2)n1. The van der Waals surface area contributed by atoms with E-state index in [0.717, 1.165) is 42.9 Å². The van der Waals surface area contributed by atoms with E-state index in [0.29, 0.717) is 5.92 Å². The second kappa shape index (κ2) is 5.45. The molecule has 0 amide bonds. The highest BCUT2D eigenvalue weighted by Gasteiger charge is 2.14. The van der Waals surface area contributed by atoms with Crippen molar-refractivity contribution in [1.82, 2.24) is 9.97 Å². The van der Waals surface area contributed by atoms with Gasteiger partial charge in [0.1, 0.15) is 5.82 Å². The number of hydrogen-bond donors (Lipinski definition) is 2. The van der Waals surface area contributed by atoms with E-state index in [1.54, 1.807) is 6.20 Å². The van der Waals surface area contributed by atoms with E-state index in [1.807, 2.05) is 0 Å². The molecule has 0 bridgehead atoms. The summed E-state index contributed by atoms with van der Waals surface area (Å²) in [6.07, 6.45) is 3.87. The second-order valence-corrected chi connectivity index (χ2v) is 4.72. The molecule has 2 heterocycles. The Morgan fingerprint density at radius 2 is 2.25 bits per heavy atom. The van der Waals surface area contributed by atoms with E-state index in [-0.39, 0.29) is 5.95 Å². The molecule has 0 aliphatic carbocycles. The van der Waals surface area contributed by atoms with Crippen molar-refractivity contribution in [3.8, 4) is 0 Å². The zero-order valence-electron chi connectivity index (χ0n) is 8.95. The smallest absolute Gasteiger partial charge is 0.221 e. The van der Waals surface area contributed by atoms with E-state index < -0.39 is 0 Å². The summed E-state index contributed by atoms with van der Waals surface area (Å²) in [6.45, 7) is 2.62. The van der Waals surface area contributed by atoms with Crippen molar-refractivity contribution in [3.63, 3.8) is 0 Å². The quantitative estimate of drug-likeness (QED) is 0.884. The lowest BCUT2D eigenvalue weighted by Crippen LogP contribution is -2.23. The lowest BCUT2D eigenvalue weighted by molar-refractivity contribution is 0.0699. The van der Waals surface area contributed by atoms with Gasteiger partial charge in [-0.15, -0.1) is 0 Å². The zero-order valence-corrected chi connectivity index (χ0v) is 10.5. The van der Waals surface area contributed by atoms with Gasteiger partial charge in [0, 0.05) is 26.0 Å². The number of anilines is 2. The maximum atomic E-state index is 5.53. The van der Waals surface area contributed by atoms with E-state index in [4.69, 9.17) is 10.5 Å². The fourth-order valence-corrected chi connectivity index (χ4v) is 2.03. The Balaban J connectivity index is 1.90. The standard InChI is InChI=1S/C10H15BrN4O/c11-8-6-14-10(12)15-9(8)13-5-7-1-3-16-4-2-7/h6-7H,1-5H2,(H3,12,13,14,15). The molecule has 1 aliphatic rings. The van der Waals surface area contributed by atoms with E-state index >= 15 is 0 Å². The lowest BCUT2D eigenvalue weighted by Gasteiger charge is -2.22.